The molecule has 1 aliphatic rings. The van der Waals surface area contributed by atoms with E-state index in [0.29, 0.717) is 0 Å². The van der Waals surface area contributed by atoms with Gasteiger partial charge in [-0.05, 0) is 12.8 Å². The lowest BCUT2D eigenvalue weighted by atomic mass is 9.99. The number of hydrazone groups is 1. The Hall–Kier alpha value is -1.31. The Kier molecular flexibility index (Phi) is 3.89. The predicted molar refractivity (Wildman–Crippen MR) is 56.8 cm³/mol. The minimum absolute atomic E-state index is 0.0220. The highest BCUT2D eigenvalue weighted by molar-refractivity contribution is 5.90. The molecule has 1 N–H and O–H groups in total. The first-order valence-electron chi connectivity index (χ1n) is 5.47. The summed E-state index contributed by atoms with van der Waals surface area (Å²) in [6, 6.07) is 0. The van der Waals surface area contributed by atoms with Gasteiger partial charge < -0.3 is 9.84 Å². The molecule has 0 radical (unpaired) electrons. The summed E-state index contributed by atoms with van der Waals surface area (Å²) in [7, 11) is 0. The van der Waals surface area contributed by atoms with Crippen LogP contribution in [-0.2, 0) is 4.74 Å². The molecule has 0 aromatic heterocycles. The number of hydrogen-bond donors (Lipinski definition) is 1. The standard InChI is InChI=1S/C10H15F3N2O3/c1-4-18-8(16)15-9(17,10(11,12)13)5-7(14-15)6(2)3/h6,17H,4-5H2,1-3H3. The van der Waals surface area contributed by atoms with Crippen molar-refractivity contribution in [1.29, 1.82) is 0 Å². The van der Waals surface area contributed by atoms with E-state index in [-0.39, 0.29) is 23.2 Å². The summed E-state index contributed by atoms with van der Waals surface area (Å²) in [5.41, 5.74) is -3.22. The summed E-state index contributed by atoms with van der Waals surface area (Å²) in [4.78, 5) is 11.4. The van der Waals surface area contributed by atoms with Crippen LogP contribution in [0.2, 0.25) is 0 Å². The highest BCUT2D eigenvalue weighted by Gasteiger charge is 2.63. The van der Waals surface area contributed by atoms with Crippen molar-refractivity contribution in [2.75, 3.05) is 6.61 Å². The van der Waals surface area contributed by atoms with E-state index in [9.17, 15) is 23.1 Å². The highest BCUT2D eigenvalue weighted by Crippen LogP contribution is 2.41. The topological polar surface area (TPSA) is 62.1 Å². The lowest BCUT2D eigenvalue weighted by Gasteiger charge is -2.31. The van der Waals surface area contributed by atoms with Crippen molar-refractivity contribution in [3.8, 4) is 0 Å². The molecule has 1 amide bonds. The van der Waals surface area contributed by atoms with E-state index < -0.39 is 24.4 Å². The first kappa shape index (κ1) is 14.7. The summed E-state index contributed by atoms with van der Waals surface area (Å²) in [5.74, 6) is -0.307. The molecule has 8 heteroatoms. The minimum Gasteiger partial charge on any atom is -0.448 e. The largest absolute Gasteiger partial charge is 0.448 e. The molecule has 0 fully saturated rings. The van der Waals surface area contributed by atoms with E-state index in [4.69, 9.17) is 0 Å². The molecule has 0 aliphatic carbocycles. The number of hydrogen-bond acceptors (Lipinski definition) is 4. The maximum atomic E-state index is 12.9. The third kappa shape index (κ3) is 2.43. The summed E-state index contributed by atoms with van der Waals surface area (Å²) >= 11 is 0. The first-order chi connectivity index (χ1) is 8.13. The molecule has 5 nitrogen and oxygen atoms in total. The number of aliphatic hydroxyl groups is 1. The summed E-state index contributed by atoms with van der Waals surface area (Å²) in [6.07, 6.45) is -7.07. The van der Waals surface area contributed by atoms with Crippen molar-refractivity contribution in [2.45, 2.75) is 39.1 Å². The second kappa shape index (κ2) is 4.75. The van der Waals surface area contributed by atoms with Gasteiger partial charge in [0.25, 0.3) is 5.72 Å². The molecule has 18 heavy (non-hydrogen) atoms. The smallest absolute Gasteiger partial charge is 0.439 e. The molecule has 0 aromatic carbocycles. The van der Waals surface area contributed by atoms with Crippen LogP contribution in [0.3, 0.4) is 0 Å². The Morgan fingerprint density at radius 1 is 1.61 bits per heavy atom. The lowest BCUT2D eigenvalue weighted by molar-refractivity contribution is -0.299. The molecule has 1 unspecified atom stereocenters. The van der Waals surface area contributed by atoms with E-state index >= 15 is 0 Å². The van der Waals surface area contributed by atoms with Crippen molar-refractivity contribution >= 4 is 11.8 Å². The van der Waals surface area contributed by atoms with Gasteiger partial charge in [0.1, 0.15) is 0 Å². The first-order valence-corrected chi connectivity index (χ1v) is 5.47. The van der Waals surface area contributed by atoms with Gasteiger partial charge in [-0.15, -0.1) is 0 Å². The number of ether oxygens (including phenoxy) is 1. The van der Waals surface area contributed by atoms with Crippen LogP contribution in [-0.4, -0.2) is 40.4 Å². The summed E-state index contributed by atoms with van der Waals surface area (Å²) in [5, 5.41) is 13.2. The molecule has 0 spiro atoms. The van der Waals surface area contributed by atoms with E-state index in [1.807, 2.05) is 0 Å². The average molecular weight is 268 g/mol. The Bertz CT molecular complexity index is 368. The van der Waals surface area contributed by atoms with Gasteiger partial charge >= 0.3 is 12.3 Å². The quantitative estimate of drug-likeness (QED) is 0.834. The summed E-state index contributed by atoms with van der Waals surface area (Å²) < 4.78 is 43.0. The van der Waals surface area contributed by atoms with Crippen LogP contribution < -0.4 is 0 Å². The molecule has 0 saturated heterocycles. The second-order valence-electron chi connectivity index (χ2n) is 4.25. The van der Waals surface area contributed by atoms with Gasteiger partial charge in [0, 0.05) is 12.1 Å². The van der Waals surface area contributed by atoms with Crippen molar-refractivity contribution in [3.63, 3.8) is 0 Å². The van der Waals surface area contributed by atoms with Gasteiger partial charge in [-0.2, -0.15) is 23.3 Å². The van der Waals surface area contributed by atoms with E-state index in [1.54, 1.807) is 13.8 Å². The van der Waals surface area contributed by atoms with E-state index in [0.717, 1.165) is 0 Å². The van der Waals surface area contributed by atoms with E-state index in [1.165, 1.54) is 6.92 Å². The number of carbonyl (C=O) groups excluding carboxylic acids is 1. The molecule has 0 aromatic rings. The maximum absolute atomic E-state index is 12.9. The van der Waals surface area contributed by atoms with Crippen molar-refractivity contribution in [1.82, 2.24) is 5.01 Å². The number of alkyl halides is 3. The van der Waals surface area contributed by atoms with Crippen LogP contribution in [0.25, 0.3) is 0 Å². The van der Waals surface area contributed by atoms with Crippen molar-refractivity contribution < 1.29 is 27.8 Å². The second-order valence-corrected chi connectivity index (χ2v) is 4.25. The highest BCUT2D eigenvalue weighted by atomic mass is 19.4. The molecule has 0 bridgehead atoms. The fourth-order valence-electron chi connectivity index (χ4n) is 1.49. The summed E-state index contributed by atoms with van der Waals surface area (Å²) in [6.45, 7) is 4.61. The third-order valence-corrected chi connectivity index (χ3v) is 2.57. The van der Waals surface area contributed by atoms with Gasteiger partial charge in [0.2, 0.25) is 0 Å². The van der Waals surface area contributed by atoms with Gasteiger partial charge in [0.15, 0.2) is 0 Å². The molecule has 1 rings (SSSR count). The van der Waals surface area contributed by atoms with Crippen LogP contribution in [0.4, 0.5) is 18.0 Å². The lowest BCUT2D eigenvalue weighted by Crippen LogP contribution is -2.56. The average Bonchev–Trinajstić information content (AvgIpc) is 2.57. The molecule has 104 valence electrons. The minimum atomic E-state index is -5.00. The third-order valence-electron chi connectivity index (χ3n) is 2.57. The molecule has 1 heterocycles. The van der Waals surface area contributed by atoms with Gasteiger partial charge in [-0.25, -0.2) is 4.79 Å². The van der Waals surface area contributed by atoms with Gasteiger partial charge in [0.05, 0.1) is 6.61 Å². The molecule has 1 atom stereocenters. The number of rotatable bonds is 2. The van der Waals surface area contributed by atoms with Crippen LogP contribution in [0, 0.1) is 5.92 Å². The van der Waals surface area contributed by atoms with Crippen LogP contribution in [0.5, 0.6) is 0 Å². The SMILES string of the molecule is CCOC(=O)N1N=C(C(C)C)CC1(O)C(F)(F)F. The Balaban J connectivity index is 3.10. The zero-order chi connectivity index (χ0) is 14.1. The van der Waals surface area contributed by atoms with Crippen LogP contribution >= 0.6 is 0 Å². The Morgan fingerprint density at radius 3 is 2.56 bits per heavy atom. The predicted octanol–water partition coefficient (Wildman–Crippen LogP) is 2.11. The van der Waals surface area contributed by atoms with Gasteiger partial charge in [-0.1, -0.05) is 13.8 Å². The fourth-order valence-corrected chi connectivity index (χ4v) is 1.49. The molecular weight excluding hydrogens is 253 g/mol. The molecular formula is C10H15F3N2O3. The van der Waals surface area contributed by atoms with E-state index in [2.05, 4.69) is 9.84 Å². The normalized spacial score (nSPS) is 24.4. The Morgan fingerprint density at radius 2 is 2.17 bits per heavy atom. The van der Waals surface area contributed by atoms with Crippen molar-refractivity contribution in [2.24, 2.45) is 11.0 Å². The molecule has 0 saturated carbocycles. The Labute approximate surface area is 102 Å². The zero-order valence-corrected chi connectivity index (χ0v) is 10.3. The zero-order valence-electron chi connectivity index (χ0n) is 10.3. The fraction of sp³-hybridized carbons (Fsp3) is 0.800. The van der Waals surface area contributed by atoms with Gasteiger partial charge in [-0.3, -0.25) is 0 Å². The molecule has 1 aliphatic heterocycles. The van der Waals surface area contributed by atoms with Crippen molar-refractivity contribution in [3.05, 3.63) is 0 Å². The van der Waals surface area contributed by atoms with Crippen LogP contribution in [0.15, 0.2) is 5.10 Å². The monoisotopic (exact) mass is 268 g/mol. The number of nitrogens with zero attached hydrogens (tertiary/aromatic N) is 2. The number of amides is 1. The number of carbonyl (C=O) groups is 1. The maximum Gasteiger partial charge on any atom is 0.439 e. The van der Waals surface area contributed by atoms with Crippen LogP contribution in [0.1, 0.15) is 27.2 Å². The number of halogens is 3.